The Labute approximate surface area is 162 Å². The highest BCUT2D eigenvalue weighted by Crippen LogP contribution is 2.28. The lowest BCUT2D eigenvalue weighted by atomic mass is 10.1. The van der Waals surface area contributed by atoms with E-state index in [0.717, 1.165) is 11.8 Å². The Morgan fingerprint density at radius 3 is 2.37 bits per heavy atom. The van der Waals surface area contributed by atoms with Gasteiger partial charge in [0.05, 0.1) is 21.2 Å². The van der Waals surface area contributed by atoms with E-state index < -0.39 is 21.9 Å². The maximum absolute atomic E-state index is 12.8. The molecule has 0 fully saturated rings. The molecule has 5 nitrogen and oxygen atoms in total. The van der Waals surface area contributed by atoms with Crippen LogP contribution in [-0.4, -0.2) is 25.6 Å². The number of carbonyl (C=O) groups is 1. The molecule has 1 atom stereocenters. The number of halogens is 1. The Morgan fingerprint density at radius 1 is 1.04 bits per heavy atom. The molecular formula is C20H16ClNO4S. The third kappa shape index (κ3) is 4.53. The van der Waals surface area contributed by atoms with Gasteiger partial charge in [-0.15, -0.1) is 0 Å². The molecule has 1 heterocycles. The number of pyridine rings is 1. The average molecular weight is 402 g/mol. The molecule has 0 bridgehead atoms. The number of ether oxygens (including phenoxy) is 1. The van der Waals surface area contributed by atoms with Crippen molar-refractivity contribution in [3.05, 3.63) is 94.8 Å². The lowest BCUT2D eigenvalue weighted by Gasteiger charge is -2.18. The molecule has 3 aromatic rings. The standard InChI is InChI=1S/C20H16ClNO4S/c1-27(24,25)15-10-11-17(21)16(13-15)20(23)26-19(14-7-3-2-4-8-14)18-9-5-6-12-22-18/h2-13,19H,1H3. The smallest absolute Gasteiger partial charge is 0.340 e. The summed E-state index contributed by atoms with van der Waals surface area (Å²) < 4.78 is 29.2. The van der Waals surface area contributed by atoms with Crippen LogP contribution in [0.2, 0.25) is 5.02 Å². The molecule has 7 heteroatoms. The first kappa shape index (κ1) is 19.1. The molecule has 0 saturated carbocycles. The van der Waals surface area contributed by atoms with Crippen molar-refractivity contribution < 1.29 is 17.9 Å². The zero-order chi connectivity index (χ0) is 19.4. The summed E-state index contributed by atoms with van der Waals surface area (Å²) in [6.07, 6.45) is 1.92. The minimum atomic E-state index is -3.49. The number of hydrogen-bond donors (Lipinski definition) is 0. The zero-order valence-electron chi connectivity index (χ0n) is 14.4. The number of nitrogens with zero attached hydrogens (tertiary/aromatic N) is 1. The van der Waals surface area contributed by atoms with Gasteiger partial charge in [-0.1, -0.05) is 48.0 Å². The molecule has 0 aliphatic rings. The Hall–Kier alpha value is -2.70. The molecule has 0 amide bonds. The maximum atomic E-state index is 12.8. The number of sulfone groups is 1. The van der Waals surface area contributed by atoms with E-state index in [4.69, 9.17) is 16.3 Å². The number of esters is 1. The monoisotopic (exact) mass is 401 g/mol. The fourth-order valence-electron chi connectivity index (χ4n) is 2.52. The van der Waals surface area contributed by atoms with Gasteiger partial charge < -0.3 is 4.74 Å². The summed E-state index contributed by atoms with van der Waals surface area (Å²) in [5.41, 5.74) is 1.27. The predicted molar refractivity (Wildman–Crippen MR) is 102 cm³/mol. The van der Waals surface area contributed by atoms with Gasteiger partial charge in [0.25, 0.3) is 0 Å². The second-order valence-corrected chi connectivity index (χ2v) is 8.29. The molecule has 138 valence electrons. The third-order valence-corrected chi connectivity index (χ3v) is 5.31. The van der Waals surface area contributed by atoms with Crippen molar-refractivity contribution in [2.45, 2.75) is 11.0 Å². The summed E-state index contributed by atoms with van der Waals surface area (Å²) in [6.45, 7) is 0. The van der Waals surface area contributed by atoms with E-state index in [1.807, 2.05) is 30.3 Å². The van der Waals surface area contributed by atoms with E-state index >= 15 is 0 Å². The summed E-state index contributed by atoms with van der Waals surface area (Å²) in [6, 6.07) is 18.4. The summed E-state index contributed by atoms with van der Waals surface area (Å²) in [4.78, 5) is 17.0. The maximum Gasteiger partial charge on any atom is 0.340 e. The van der Waals surface area contributed by atoms with Crippen LogP contribution >= 0.6 is 11.6 Å². The molecule has 2 aromatic carbocycles. The van der Waals surface area contributed by atoms with Crippen LogP contribution < -0.4 is 0 Å². The van der Waals surface area contributed by atoms with E-state index in [2.05, 4.69) is 4.98 Å². The van der Waals surface area contributed by atoms with E-state index in [-0.39, 0.29) is 15.5 Å². The summed E-state index contributed by atoms with van der Waals surface area (Å²) in [5.74, 6) is -0.731. The Bertz CT molecular complexity index is 1010. The molecule has 27 heavy (non-hydrogen) atoms. The van der Waals surface area contributed by atoms with Crippen molar-refractivity contribution >= 4 is 27.4 Å². The molecule has 0 aliphatic heterocycles. The predicted octanol–water partition coefficient (Wildman–Crippen LogP) is 4.08. The highest BCUT2D eigenvalue weighted by Gasteiger charge is 2.23. The van der Waals surface area contributed by atoms with Gasteiger partial charge in [-0.2, -0.15) is 0 Å². The SMILES string of the molecule is CS(=O)(=O)c1ccc(Cl)c(C(=O)OC(c2ccccc2)c2ccccn2)c1. The molecule has 1 aromatic heterocycles. The van der Waals surface area contributed by atoms with Gasteiger partial charge in [0, 0.05) is 12.5 Å². The van der Waals surface area contributed by atoms with Crippen LogP contribution in [0.3, 0.4) is 0 Å². The van der Waals surface area contributed by atoms with E-state index in [9.17, 15) is 13.2 Å². The van der Waals surface area contributed by atoms with E-state index in [1.54, 1.807) is 24.4 Å². The molecule has 0 radical (unpaired) electrons. The van der Waals surface area contributed by atoms with Crippen LogP contribution in [0.15, 0.2) is 77.8 Å². The molecular weight excluding hydrogens is 386 g/mol. The van der Waals surface area contributed by atoms with Crippen LogP contribution in [-0.2, 0) is 14.6 Å². The van der Waals surface area contributed by atoms with Gasteiger partial charge >= 0.3 is 5.97 Å². The number of rotatable bonds is 5. The van der Waals surface area contributed by atoms with Crippen LogP contribution in [0.4, 0.5) is 0 Å². The van der Waals surface area contributed by atoms with Gasteiger partial charge in [0.2, 0.25) is 0 Å². The number of carbonyl (C=O) groups excluding carboxylic acids is 1. The minimum Gasteiger partial charge on any atom is -0.447 e. The summed E-state index contributed by atoms with van der Waals surface area (Å²) >= 11 is 6.11. The molecule has 0 saturated heterocycles. The summed E-state index contributed by atoms with van der Waals surface area (Å²) in [7, 11) is -3.49. The molecule has 0 aliphatic carbocycles. The third-order valence-electron chi connectivity index (χ3n) is 3.87. The first-order valence-corrected chi connectivity index (χ1v) is 10.3. The fourth-order valence-corrected chi connectivity index (χ4v) is 3.36. The van der Waals surface area contributed by atoms with Gasteiger partial charge in [-0.3, -0.25) is 4.98 Å². The second kappa shape index (κ2) is 7.90. The van der Waals surface area contributed by atoms with Crippen LogP contribution in [0, 0.1) is 0 Å². The Kier molecular flexibility index (Phi) is 5.58. The van der Waals surface area contributed by atoms with Gasteiger partial charge in [0.15, 0.2) is 15.9 Å². The summed E-state index contributed by atoms with van der Waals surface area (Å²) in [5, 5.41) is 0.111. The largest absolute Gasteiger partial charge is 0.447 e. The van der Waals surface area contributed by atoms with Crippen LogP contribution in [0.1, 0.15) is 27.7 Å². The van der Waals surface area contributed by atoms with Crippen molar-refractivity contribution in [1.82, 2.24) is 4.98 Å². The van der Waals surface area contributed by atoms with Crippen LogP contribution in [0.5, 0.6) is 0 Å². The van der Waals surface area contributed by atoms with Gasteiger partial charge in [-0.25, -0.2) is 13.2 Å². The Morgan fingerprint density at radius 2 is 1.74 bits per heavy atom. The molecule has 3 rings (SSSR count). The number of aromatic nitrogens is 1. The number of benzene rings is 2. The topological polar surface area (TPSA) is 73.3 Å². The molecule has 1 unspecified atom stereocenters. The van der Waals surface area contributed by atoms with Crippen LogP contribution in [0.25, 0.3) is 0 Å². The molecule has 0 N–H and O–H groups in total. The Balaban J connectivity index is 1.99. The van der Waals surface area contributed by atoms with Crippen molar-refractivity contribution in [1.29, 1.82) is 0 Å². The fraction of sp³-hybridized carbons (Fsp3) is 0.100. The van der Waals surface area contributed by atoms with E-state index in [0.29, 0.717) is 5.69 Å². The zero-order valence-corrected chi connectivity index (χ0v) is 15.9. The first-order valence-electron chi connectivity index (χ1n) is 8.03. The first-order chi connectivity index (χ1) is 12.9. The van der Waals surface area contributed by atoms with Crippen molar-refractivity contribution in [3.63, 3.8) is 0 Å². The van der Waals surface area contributed by atoms with Gasteiger partial charge in [0.1, 0.15) is 0 Å². The number of hydrogen-bond acceptors (Lipinski definition) is 5. The van der Waals surface area contributed by atoms with E-state index in [1.165, 1.54) is 18.2 Å². The highest BCUT2D eigenvalue weighted by atomic mass is 35.5. The minimum absolute atomic E-state index is 0.00653. The lowest BCUT2D eigenvalue weighted by Crippen LogP contribution is -2.15. The molecule has 0 spiro atoms. The van der Waals surface area contributed by atoms with Crippen molar-refractivity contribution in [3.8, 4) is 0 Å². The van der Waals surface area contributed by atoms with Crippen molar-refractivity contribution in [2.24, 2.45) is 0 Å². The van der Waals surface area contributed by atoms with Crippen molar-refractivity contribution in [2.75, 3.05) is 6.26 Å². The normalized spacial score (nSPS) is 12.4. The average Bonchev–Trinajstić information content (AvgIpc) is 2.66. The highest BCUT2D eigenvalue weighted by molar-refractivity contribution is 7.90. The second-order valence-electron chi connectivity index (χ2n) is 5.86. The quantitative estimate of drug-likeness (QED) is 0.602. The van der Waals surface area contributed by atoms with Gasteiger partial charge in [-0.05, 0) is 35.9 Å². The lowest BCUT2D eigenvalue weighted by molar-refractivity contribution is 0.0370.